The van der Waals surface area contributed by atoms with Crippen LogP contribution in [-0.2, 0) is 0 Å². The van der Waals surface area contributed by atoms with E-state index >= 15 is 0 Å². The van der Waals surface area contributed by atoms with Crippen molar-refractivity contribution in [2.45, 2.75) is 5.92 Å². The first kappa shape index (κ1) is 8.90. The number of aromatic nitrogens is 2. The standard InChI is InChI=1S/C8H10BrN3O/c1-13-8-6(9)7(11-4-12-8)5-2-10-3-5/h4-5,10H,2-3H2,1H3. The van der Waals surface area contributed by atoms with E-state index in [1.54, 1.807) is 7.11 Å². The number of ether oxygens (including phenoxy) is 1. The third-order valence-electron chi connectivity index (χ3n) is 2.15. The van der Waals surface area contributed by atoms with Crippen LogP contribution in [0.25, 0.3) is 0 Å². The van der Waals surface area contributed by atoms with Crippen LogP contribution in [0.3, 0.4) is 0 Å². The first-order valence-corrected chi connectivity index (χ1v) is 4.87. The number of hydrogen-bond acceptors (Lipinski definition) is 4. The number of nitrogens with one attached hydrogen (secondary N) is 1. The van der Waals surface area contributed by atoms with Crippen LogP contribution in [0.15, 0.2) is 10.8 Å². The summed E-state index contributed by atoms with van der Waals surface area (Å²) in [4.78, 5) is 8.23. The molecule has 0 bridgehead atoms. The molecule has 5 heteroatoms. The molecule has 0 spiro atoms. The highest BCUT2D eigenvalue weighted by molar-refractivity contribution is 9.10. The Morgan fingerprint density at radius 1 is 1.54 bits per heavy atom. The van der Waals surface area contributed by atoms with Crippen molar-refractivity contribution in [3.8, 4) is 5.88 Å². The maximum Gasteiger partial charge on any atom is 0.231 e. The van der Waals surface area contributed by atoms with E-state index < -0.39 is 0 Å². The maximum absolute atomic E-state index is 5.09. The van der Waals surface area contributed by atoms with Gasteiger partial charge in [-0.1, -0.05) is 0 Å². The molecule has 1 aliphatic rings. The van der Waals surface area contributed by atoms with Crippen molar-refractivity contribution in [2.75, 3.05) is 20.2 Å². The molecule has 0 aromatic carbocycles. The molecule has 1 aromatic heterocycles. The minimum absolute atomic E-state index is 0.492. The lowest BCUT2D eigenvalue weighted by Crippen LogP contribution is -2.40. The van der Waals surface area contributed by atoms with E-state index in [1.165, 1.54) is 6.33 Å². The zero-order chi connectivity index (χ0) is 9.26. The Balaban J connectivity index is 2.33. The van der Waals surface area contributed by atoms with Crippen molar-refractivity contribution >= 4 is 15.9 Å². The second-order valence-corrected chi connectivity index (χ2v) is 3.73. The fraction of sp³-hybridized carbons (Fsp3) is 0.500. The predicted octanol–water partition coefficient (Wildman–Crippen LogP) is 0.935. The Labute approximate surface area is 84.9 Å². The molecule has 1 N–H and O–H groups in total. The summed E-state index contributed by atoms with van der Waals surface area (Å²) < 4.78 is 5.96. The molecule has 1 saturated heterocycles. The molecule has 0 amide bonds. The minimum Gasteiger partial charge on any atom is -0.480 e. The molecule has 1 aliphatic heterocycles. The Morgan fingerprint density at radius 2 is 2.31 bits per heavy atom. The average Bonchev–Trinajstić information content (AvgIpc) is 2.05. The third-order valence-corrected chi connectivity index (χ3v) is 2.89. The van der Waals surface area contributed by atoms with Crippen molar-refractivity contribution in [2.24, 2.45) is 0 Å². The van der Waals surface area contributed by atoms with Gasteiger partial charge in [-0.25, -0.2) is 9.97 Å². The largest absolute Gasteiger partial charge is 0.480 e. The van der Waals surface area contributed by atoms with Crippen molar-refractivity contribution in [1.29, 1.82) is 0 Å². The highest BCUT2D eigenvalue weighted by atomic mass is 79.9. The lowest BCUT2D eigenvalue weighted by Gasteiger charge is -2.27. The van der Waals surface area contributed by atoms with Crippen LogP contribution in [0.5, 0.6) is 5.88 Å². The molecule has 2 heterocycles. The predicted molar refractivity (Wildman–Crippen MR) is 51.9 cm³/mol. The normalized spacial score (nSPS) is 16.8. The van der Waals surface area contributed by atoms with Gasteiger partial charge in [-0.3, -0.25) is 0 Å². The summed E-state index contributed by atoms with van der Waals surface area (Å²) in [5.74, 6) is 1.10. The summed E-state index contributed by atoms with van der Waals surface area (Å²) >= 11 is 3.44. The molecular formula is C8H10BrN3O. The fourth-order valence-electron chi connectivity index (χ4n) is 1.28. The molecule has 13 heavy (non-hydrogen) atoms. The fourth-order valence-corrected chi connectivity index (χ4v) is 1.97. The monoisotopic (exact) mass is 243 g/mol. The van der Waals surface area contributed by atoms with Gasteiger partial charge >= 0.3 is 0 Å². The molecule has 0 unspecified atom stereocenters. The molecule has 4 nitrogen and oxygen atoms in total. The van der Waals surface area contributed by atoms with Gasteiger partial charge in [0.05, 0.1) is 12.8 Å². The van der Waals surface area contributed by atoms with Crippen molar-refractivity contribution in [1.82, 2.24) is 15.3 Å². The Bertz CT molecular complexity index is 314. The Morgan fingerprint density at radius 3 is 2.85 bits per heavy atom. The van der Waals surface area contributed by atoms with E-state index in [9.17, 15) is 0 Å². The quantitative estimate of drug-likeness (QED) is 0.840. The lowest BCUT2D eigenvalue weighted by molar-refractivity contribution is 0.386. The van der Waals surface area contributed by atoms with Crippen LogP contribution in [0.4, 0.5) is 0 Å². The topological polar surface area (TPSA) is 47.0 Å². The van der Waals surface area contributed by atoms with E-state index in [2.05, 4.69) is 31.2 Å². The summed E-state index contributed by atoms with van der Waals surface area (Å²) in [5.41, 5.74) is 1.03. The van der Waals surface area contributed by atoms with Crippen molar-refractivity contribution in [3.05, 3.63) is 16.5 Å². The summed E-state index contributed by atoms with van der Waals surface area (Å²) in [5, 5.41) is 3.20. The van der Waals surface area contributed by atoms with Gasteiger partial charge in [-0.2, -0.15) is 0 Å². The minimum atomic E-state index is 0.492. The van der Waals surface area contributed by atoms with Crippen LogP contribution in [-0.4, -0.2) is 30.2 Å². The summed E-state index contributed by atoms with van der Waals surface area (Å²) in [7, 11) is 1.61. The third kappa shape index (κ3) is 1.53. The lowest BCUT2D eigenvalue weighted by atomic mass is 9.99. The number of methoxy groups -OCH3 is 1. The van der Waals surface area contributed by atoms with Gasteiger partial charge in [0.15, 0.2) is 0 Å². The van der Waals surface area contributed by atoms with Crippen molar-refractivity contribution in [3.63, 3.8) is 0 Å². The van der Waals surface area contributed by atoms with Crippen LogP contribution in [0.2, 0.25) is 0 Å². The maximum atomic E-state index is 5.09. The number of hydrogen-bond donors (Lipinski definition) is 1. The molecule has 1 fully saturated rings. The zero-order valence-corrected chi connectivity index (χ0v) is 8.84. The van der Waals surface area contributed by atoms with Crippen LogP contribution >= 0.6 is 15.9 Å². The van der Waals surface area contributed by atoms with E-state index in [0.29, 0.717) is 11.8 Å². The molecule has 0 atom stereocenters. The Hall–Kier alpha value is -0.680. The number of rotatable bonds is 2. The molecule has 2 rings (SSSR count). The Kier molecular flexibility index (Phi) is 2.46. The number of halogens is 1. The van der Waals surface area contributed by atoms with E-state index in [4.69, 9.17) is 4.74 Å². The second kappa shape index (κ2) is 3.59. The van der Waals surface area contributed by atoms with E-state index in [0.717, 1.165) is 23.3 Å². The molecule has 1 aromatic rings. The zero-order valence-electron chi connectivity index (χ0n) is 7.25. The second-order valence-electron chi connectivity index (χ2n) is 2.94. The number of nitrogens with zero attached hydrogens (tertiary/aromatic N) is 2. The first-order chi connectivity index (χ1) is 6.33. The van der Waals surface area contributed by atoms with Gasteiger partial charge in [0.25, 0.3) is 0 Å². The van der Waals surface area contributed by atoms with Gasteiger partial charge in [-0.05, 0) is 15.9 Å². The molecule has 0 aliphatic carbocycles. The summed E-state index contributed by atoms with van der Waals surface area (Å²) in [6, 6.07) is 0. The van der Waals surface area contributed by atoms with Crippen LogP contribution in [0, 0.1) is 0 Å². The van der Waals surface area contributed by atoms with E-state index in [-0.39, 0.29) is 0 Å². The smallest absolute Gasteiger partial charge is 0.231 e. The highest BCUT2D eigenvalue weighted by Crippen LogP contribution is 2.30. The van der Waals surface area contributed by atoms with Gasteiger partial charge in [0.2, 0.25) is 5.88 Å². The van der Waals surface area contributed by atoms with Gasteiger partial charge in [-0.15, -0.1) is 0 Å². The van der Waals surface area contributed by atoms with Gasteiger partial charge in [0.1, 0.15) is 10.8 Å². The summed E-state index contributed by atoms with van der Waals surface area (Å²) in [6.45, 7) is 1.97. The molecule has 70 valence electrons. The molecule has 0 radical (unpaired) electrons. The first-order valence-electron chi connectivity index (χ1n) is 4.08. The average molecular weight is 244 g/mol. The van der Waals surface area contributed by atoms with Gasteiger partial charge < -0.3 is 10.1 Å². The highest BCUT2D eigenvalue weighted by Gasteiger charge is 2.24. The SMILES string of the molecule is COc1ncnc(C2CNC2)c1Br. The van der Waals surface area contributed by atoms with Crippen LogP contribution < -0.4 is 10.1 Å². The summed E-state index contributed by atoms with van der Waals surface area (Å²) in [6.07, 6.45) is 1.54. The van der Waals surface area contributed by atoms with Crippen molar-refractivity contribution < 1.29 is 4.74 Å². The van der Waals surface area contributed by atoms with E-state index in [1.807, 2.05) is 0 Å². The van der Waals surface area contributed by atoms with Crippen LogP contribution in [0.1, 0.15) is 11.6 Å². The molecular weight excluding hydrogens is 234 g/mol. The van der Waals surface area contributed by atoms with Gasteiger partial charge in [0, 0.05) is 19.0 Å². The molecule has 0 saturated carbocycles.